The molecule has 0 saturated heterocycles. The topological polar surface area (TPSA) is 104 Å². The summed E-state index contributed by atoms with van der Waals surface area (Å²) in [6.45, 7) is 0. The van der Waals surface area contributed by atoms with Gasteiger partial charge in [-0.05, 0) is 49.7 Å². The van der Waals surface area contributed by atoms with Crippen molar-refractivity contribution in [2.75, 3.05) is 11.5 Å². The maximum Gasteiger partial charge on any atom is 0.224 e. The van der Waals surface area contributed by atoms with Crippen LogP contribution in [-0.2, 0) is 25.7 Å². The van der Waals surface area contributed by atoms with E-state index in [-0.39, 0.29) is 11.8 Å². The highest BCUT2D eigenvalue weighted by molar-refractivity contribution is 5.82. The molecule has 30 heavy (non-hydrogen) atoms. The molecule has 4 aromatic rings. The minimum atomic E-state index is 0.126. The Morgan fingerprint density at radius 2 is 1.10 bits per heavy atom. The molecule has 4 rings (SSSR count). The highest BCUT2D eigenvalue weighted by Gasteiger charge is 2.13. The number of aryl methyl sites for hydroxylation is 4. The number of hydrogen-bond donors (Lipinski definition) is 2. The summed E-state index contributed by atoms with van der Waals surface area (Å²) < 4.78 is 0. The molecule has 0 radical (unpaired) electrons. The first-order valence-corrected chi connectivity index (χ1v) is 10.4. The van der Waals surface area contributed by atoms with Gasteiger partial charge in [-0.25, -0.2) is 9.97 Å². The Balaban J connectivity index is 1.54. The number of fused-ring (bicyclic) bond motifs is 1. The zero-order chi connectivity index (χ0) is 20.8. The van der Waals surface area contributed by atoms with Gasteiger partial charge < -0.3 is 11.5 Å². The first-order valence-electron chi connectivity index (χ1n) is 10.4. The van der Waals surface area contributed by atoms with Crippen LogP contribution in [0.3, 0.4) is 0 Å². The molecule has 2 heterocycles. The fraction of sp³-hybridized carbons (Fsp3) is 0.250. The van der Waals surface area contributed by atoms with Gasteiger partial charge in [0.1, 0.15) is 0 Å². The van der Waals surface area contributed by atoms with E-state index in [0.29, 0.717) is 11.2 Å². The van der Waals surface area contributed by atoms with Crippen LogP contribution in [0.25, 0.3) is 11.2 Å². The second-order valence-corrected chi connectivity index (χ2v) is 7.43. The first kappa shape index (κ1) is 19.8. The summed E-state index contributed by atoms with van der Waals surface area (Å²) in [4.78, 5) is 17.9. The first-order chi connectivity index (χ1) is 14.7. The molecule has 4 N–H and O–H groups in total. The Kier molecular flexibility index (Phi) is 6.13. The molecule has 0 saturated carbocycles. The highest BCUT2D eigenvalue weighted by atomic mass is 15.1. The number of rotatable bonds is 8. The van der Waals surface area contributed by atoms with Crippen molar-refractivity contribution < 1.29 is 0 Å². The van der Waals surface area contributed by atoms with Crippen molar-refractivity contribution in [3.8, 4) is 0 Å². The molecule has 0 fully saturated rings. The van der Waals surface area contributed by atoms with E-state index in [4.69, 9.17) is 21.4 Å². The van der Waals surface area contributed by atoms with Crippen molar-refractivity contribution in [3.63, 3.8) is 0 Å². The molecule has 0 aliphatic carbocycles. The molecule has 0 spiro atoms. The van der Waals surface area contributed by atoms with Crippen LogP contribution in [0.1, 0.15) is 35.4 Å². The van der Waals surface area contributed by atoms with Gasteiger partial charge >= 0.3 is 0 Å². The molecular weight excluding hydrogens is 372 g/mol. The number of nitrogens with two attached hydrogens (primary N) is 2. The van der Waals surface area contributed by atoms with E-state index in [1.807, 2.05) is 12.1 Å². The van der Waals surface area contributed by atoms with Crippen molar-refractivity contribution in [1.29, 1.82) is 0 Å². The fourth-order valence-corrected chi connectivity index (χ4v) is 3.66. The predicted molar refractivity (Wildman–Crippen MR) is 121 cm³/mol. The van der Waals surface area contributed by atoms with Gasteiger partial charge in [0.2, 0.25) is 5.95 Å². The molecule has 0 aliphatic heterocycles. The van der Waals surface area contributed by atoms with E-state index < -0.39 is 0 Å². The van der Waals surface area contributed by atoms with Crippen LogP contribution in [-0.4, -0.2) is 19.9 Å². The fourth-order valence-electron chi connectivity index (χ4n) is 3.66. The largest absolute Gasteiger partial charge is 0.382 e. The van der Waals surface area contributed by atoms with Gasteiger partial charge in [-0.1, -0.05) is 60.7 Å². The molecule has 0 aliphatic rings. The van der Waals surface area contributed by atoms with Crippen LogP contribution in [0.15, 0.2) is 60.7 Å². The highest BCUT2D eigenvalue weighted by Crippen LogP contribution is 2.20. The van der Waals surface area contributed by atoms with E-state index in [0.717, 1.165) is 49.9 Å². The van der Waals surface area contributed by atoms with Gasteiger partial charge in [-0.3, -0.25) is 0 Å². The second-order valence-electron chi connectivity index (χ2n) is 7.43. The molecule has 0 amide bonds. The predicted octanol–water partition coefficient (Wildman–Crippen LogP) is 3.93. The van der Waals surface area contributed by atoms with E-state index in [1.54, 1.807) is 0 Å². The Bertz CT molecular complexity index is 1110. The van der Waals surface area contributed by atoms with E-state index in [9.17, 15) is 0 Å². The molecule has 2 aromatic carbocycles. The molecule has 2 aromatic heterocycles. The van der Waals surface area contributed by atoms with Crippen molar-refractivity contribution in [2.45, 2.75) is 38.5 Å². The van der Waals surface area contributed by atoms with Gasteiger partial charge in [0, 0.05) is 0 Å². The summed E-state index contributed by atoms with van der Waals surface area (Å²) >= 11 is 0. The molecule has 6 heteroatoms. The lowest BCUT2D eigenvalue weighted by Crippen LogP contribution is -2.09. The summed E-state index contributed by atoms with van der Waals surface area (Å²) in [7, 11) is 0. The summed E-state index contributed by atoms with van der Waals surface area (Å²) in [5.74, 6) is 0.409. The Hall–Kier alpha value is -3.54. The summed E-state index contributed by atoms with van der Waals surface area (Å²) in [6, 6.07) is 21.0. The van der Waals surface area contributed by atoms with Gasteiger partial charge in [0.15, 0.2) is 17.0 Å². The van der Waals surface area contributed by atoms with Crippen LogP contribution in [0.2, 0.25) is 0 Å². The number of nitrogens with zero attached hydrogens (tertiary/aromatic N) is 4. The van der Waals surface area contributed by atoms with Crippen LogP contribution in [0.5, 0.6) is 0 Å². The standard InChI is InChI=1S/C24H26N6/c25-22-21-23(30-24(26)29-22)28-20(16-8-14-18-11-5-2-6-12-18)19(27-21)15-7-13-17-9-3-1-4-10-17/h1-6,9-12H,7-8,13-16H2,(H4,25,26,28,29,30). The van der Waals surface area contributed by atoms with Gasteiger partial charge in [-0.15, -0.1) is 0 Å². The van der Waals surface area contributed by atoms with E-state index in [2.05, 4.69) is 58.5 Å². The van der Waals surface area contributed by atoms with Crippen molar-refractivity contribution in [3.05, 3.63) is 83.2 Å². The van der Waals surface area contributed by atoms with Crippen LogP contribution < -0.4 is 11.5 Å². The zero-order valence-electron chi connectivity index (χ0n) is 17.0. The molecule has 0 bridgehead atoms. The number of anilines is 2. The van der Waals surface area contributed by atoms with Crippen molar-refractivity contribution >= 4 is 22.9 Å². The molecule has 6 nitrogen and oxygen atoms in total. The van der Waals surface area contributed by atoms with Crippen molar-refractivity contribution in [2.24, 2.45) is 0 Å². The lowest BCUT2D eigenvalue weighted by molar-refractivity contribution is 0.745. The van der Waals surface area contributed by atoms with Crippen LogP contribution in [0.4, 0.5) is 11.8 Å². The monoisotopic (exact) mass is 398 g/mol. The smallest absolute Gasteiger partial charge is 0.224 e. The van der Waals surface area contributed by atoms with E-state index >= 15 is 0 Å². The average Bonchev–Trinajstić information content (AvgIpc) is 2.76. The third-order valence-electron chi connectivity index (χ3n) is 5.17. The third kappa shape index (κ3) is 4.89. The molecule has 152 valence electrons. The minimum absolute atomic E-state index is 0.126. The van der Waals surface area contributed by atoms with Gasteiger partial charge in [0.05, 0.1) is 11.4 Å². The molecule has 0 atom stereocenters. The Labute approximate surface area is 176 Å². The number of nitrogen functional groups attached to an aromatic ring is 2. The SMILES string of the molecule is Nc1nc(N)c2nc(CCCc3ccccc3)c(CCCc3ccccc3)nc2n1. The molecular formula is C24H26N6. The maximum absolute atomic E-state index is 6.04. The summed E-state index contributed by atoms with van der Waals surface area (Å²) in [6.07, 6.45) is 5.65. The lowest BCUT2D eigenvalue weighted by atomic mass is 10.0. The number of benzene rings is 2. The summed E-state index contributed by atoms with van der Waals surface area (Å²) in [5.41, 5.74) is 17.4. The van der Waals surface area contributed by atoms with Gasteiger partial charge in [0.25, 0.3) is 0 Å². The van der Waals surface area contributed by atoms with E-state index in [1.165, 1.54) is 11.1 Å². The zero-order valence-corrected chi connectivity index (χ0v) is 17.0. The third-order valence-corrected chi connectivity index (χ3v) is 5.17. The van der Waals surface area contributed by atoms with Crippen molar-refractivity contribution in [1.82, 2.24) is 19.9 Å². The second kappa shape index (κ2) is 9.31. The lowest BCUT2D eigenvalue weighted by Gasteiger charge is -2.11. The normalized spacial score (nSPS) is 11.1. The average molecular weight is 399 g/mol. The van der Waals surface area contributed by atoms with Crippen LogP contribution >= 0.6 is 0 Å². The van der Waals surface area contributed by atoms with Gasteiger partial charge in [-0.2, -0.15) is 9.97 Å². The number of hydrogen-bond acceptors (Lipinski definition) is 6. The Morgan fingerprint density at radius 1 is 0.567 bits per heavy atom. The quantitative estimate of drug-likeness (QED) is 0.466. The maximum atomic E-state index is 6.04. The number of aromatic nitrogens is 4. The summed E-state index contributed by atoms with van der Waals surface area (Å²) in [5, 5.41) is 0. The minimum Gasteiger partial charge on any atom is -0.382 e. The van der Waals surface area contributed by atoms with Crippen LogP contribution in [0, 0.1) is 0 Å². The molecule has 0 unspecified atom stereocenters. The Morgan fingerprint density at radius 3 is 1.67 bits per heavy atom.